The van der Waals surface area contributed by atoms with Crippen LogP contribution < -0.4 is 5.48 Å². The lowest BCUT2D eigenvalue weighted by Gasteiger charge is -2.21. The van der Waals surface area contributed by atoms with Gasteiger partial charge in [-0.25, -0.2) is 5.48 Å². The Bertz CT molecular complexity index is 492. The molecule has 1 aromatic carbocycles. The molecule has 4 N–H and O–H groups in total. The number of halogens is 1. The number of aliphatic hydroxyl groups excluding tert-OH is 1. The van der Waals surface area contributed by atoms with Gasteiger partial charge in [0.05, 0.1) is 0 Å². The Balaban J connectivity index is 2.98. The highest BCUT2D eigenvalue weighted by molar-refractivity contribution is 9.10. The molecule has 0 aliphatic rings. The van der Waals surface area contributed by atoms with Gasteiger partial charge >= 0.3 is 0 Å². The molecule has 110 valence electrons. The van der Waals surface area contributed by atoms with E-state index < -0.39 is 18.1 Å². The number of carbonyl (C=O) groups is 1. The molecule has 0 aliphatic heterocycles. The van der Waals surface area contributed by atoms with Crippen molar-refractivity contribution in [2.24, 2.45) is 0 Å². The van der Waals surface area contributed by atoms with Crippen molar-refractivity contribution in [1.29, 1.82) is 0 Å². The van der Waals surface area contributed by atoms with Crippen LogP contribution in [0, 0.1) is 0 Å². The first-order valence-corrected chi connectivity index (χ1v) is 6.69. The lowest BCUT2D eigenvalue weighted by molar-refractivity contribution is -0.124. The largest absolute Gasteiger partial charge is 0.508 e. The number of carbonyl (C=O) groups excluding carboxylic acids is 1. The summed E-state index contributed by atoms with van der Waals surface area (Å²) in [5.41, 5.74) is 1.71. The molecular formula is C13H16BrNO5. The van der Waals surface area contributed by atoms with Crippen molar-refractivity contribution >= 4 is 21.8 Å². The number of benzene rings is 1. The summed E-state index contributed by atoms with van der Waals surface area (Å²) in [4.78, 5) is 11.0. The Morgan fingerprint density at radius 1 is 1.55 bits per heavy atom. The summed E-state index contributed by atoms with van der Waals surface area (Å²) in [6, 6.07) is 4.64. The predicted molar refractivity (Wildman–Crippen MR) is 75.2 cm³/mol. The van der Waals surface area contributed by atoms with E-state index in [9.17, 15) is 15.0 Å². The Morgan fingerprint density at radius 3 is 2.85 bits per heavy atom. The maximum Gasteiger partial charge on any atom is 0.267 e. The molecule has 0 heterocycles. The number of nitrogens with one attached hydrogen (secondary N) is 1. The first-order chi connectivity index (χ1) is 9.49. The number of aliphatic hydroxyl groups is 1. The molecule has 1 amide bonds. The van der Waals surface area contributed by atoms with Crippen molar-refractivity contribution in [2.75, 3.05) is 6.61 Å². The molecule has 0 aliphatic carbocycles. The summed E-state index contributed by atoms with van der Waals surface area (Å²) < 4.78 is 6.01. The summed E-state index contributed by atoms with van der Waals surface area (Å²) in [6.07, 6.45) is 0.353. The van der Waals surface area contributed by atoms with Crippen molar-refractivity contribution in [1.82, 2.24) is 5.48 Å². The molecule has 0 unspecified atom stereocenters. The van der Waals surface area contributed by atoms with E-state index in [1.54, 1.807) is 19.1 Å². The predicted octanol–water partition coefficient (Wildman–Crippen LogP) is 1.65. The molecule has 0 aromatic heterocycles. The fourth-order valence-corrected chi connectivity index (χ4v) is 1.98. The maximum atomic E-state index is 11.0. The molecule has 6 nitrogen and oxygen atoms in total. The van der Waals surface area contributed by atoms with Crippen LogP contribution in [-0.4, -0.2) is 34.0 Å². The highest BCUT2D eigenvalue weighted by Gasteiger charge is 2.22. The van der Waals surface area contributed by atoms with Crippen molar-refractivity contribution < 1.29 is 25.0 Å². The van der Waals surface area contributed by atoms with Gasteiger partial charge < -0.3 is 14.9 Å². The average Bonchev–Trinajstić information content (AvgIpc) is 2.44. The van der Waals surface area contributed by atoms with E-state index in [0.29, 0.717) is 11.1 Å². The Hall–Kier alpha value is -1.41. The van der Waals surface area contributed by atoms with Crippen LogP contribution in [0.2, 0.25) is 0 Å². The topological polar surface area (TPSA) is 99.0 Å². The van der Waals surface area contributed by atoms with Gasteiger partial charge in [-0.2, -0.15) is 0 Å². The first-order valence-electron chi connectivity index (χ1n) is 5.90. The van der Waals surface area contributed by atoms with Crippen LogP contribution in [0.25, 0.3) is 0 Å². The number of aromatic hydroxyl groups is 1. The van der Waals surface area contributed by atoms with Crippen molar-refractivity contribution in [3.05, 3.63) is 40.4 Å². The monoisotopic (exact) mass is 345 g/mol. The van der Waals surface area contributed by atoms with Crippen LogP contribution >= 0.6 is 15.9 Å². The third kappa shape index (κ3) is 4.61. The molecule has 0 radical (unpaired) electrons. The standard InChI is InChI=1S/C13H16BrNO5/c1-2-20-11(5-6-12(17)15-19)13(18)9-7-8(14)3-4-10(9)16/h3-7,11,13,16,18-19H,2H2,1H3,(H,15,17)/b6-5+/t11-,13-/m1/s1. The van der Waals surface area contributed by atoms with Gasteiger partial charge in [-0.05, 0) is 31.2 Å². The average molecular weight is 346 g/mol. The number of hydrogen-bond acceptors (Lipinski definition) is 5. The fourth-order valence-electron chi connectivity index (χ4n) is 1.60. The van der Waals surface area contributed by atoms with E-state index in [4.69, 9.17) is 9.94 Å². The molecule has 1 aromatic rings. The summed E-state index contributed by atoms with van der Waals surface area (Å²) in [5.74, 6) is -0.814. The Kier molecular flexibility index (Phi) is 6.66. The number of phenolic OH excluding ortho intramolecular Hbond substituents is 1. The second-order valence-electron chi connectivity index (χ2n) is 3.90. The van der Waals surface area contributed by atoms with E-state index in [0.717, 1.165) is 6.08 Å². The molecule has 0 bridgehead atoms. The minimum absolute atomic E-state index is 0.0783. The highest BCUT2D eigenvalue weighted by atomic mass is 79.9. The number of ether oxygens (including phenoxy) is 1. The van der Waals surface area contributed by atoms with Crippen LogP contribution in [0.5, 0.6) is 5.75 Å². The Labute approximate surface area is 124 Å². The quantitative estimate of drug-likeness (QED) is 0.357. The Morgan fingerprint density at radius 2 is 2.25 bits per heavy atom. The van der Waals surface area contributed by atoms with Gasteiger partial charge in [-0.1, -0.05) is 15.9 Å². The normalized spacial score (nSPS) is 14.2. The second-order valence-corrected chi connectivity index (χ2v) is 4.82. The number of rotatable bonds is 6. The zero-order valence-electron chi connectivity index (χ0n) is 10.8. The van der Waals surface area contributed by atoms with Crippen molar-refractivity contribution in [3.8, 4) is 5.75 Å². The van der Waals surface area contributed by atoms with Gasteiger partial charge in [0, 0.05) is 22.7 Å². The van der Waals surface area contributed by atoms with Crippen LogP contribution in [0.1, 0.15) is 18.6 Å². The molecule has 0 spiro atoms. The number of hydrogen-bond donors (Lipinski definition) is 4. The molecular weight excluding hydrogens is 330 g/mol. The molecule has 0 fully saturated rings. The lowest BCUT2D eigenvalue weighted by atomic mass is 10.0. The van der Waals surface area contributed by atoms with Gasteiger partial charge in [0.1, 0.15) is 18.0 Å². The molecule has 2 atom stereocenters. The maximum absolute atomic E-state index is 11.0. The lowest BCUT2D eigenvalue weighted by Crippen LogP contribution is -2.22. The number of phenols is 1. The van der Waals surface area contributed by atoms with Crippen molar-refractivity contribution in [3.63, 3.8) is 0 Å². The zero-order valence-corrected chi connectivity index (χ0v) is 12.4. The van der Waals surface area contributed by atoms with Crippen LogP contribution in [-0.2, 0) is 9.53 Å². The third-order valence-corrected chi connectivity index (χ3v) is 3.02. The van der Waals surface area contributed by atoms with E-state index in [1.807, 2.05) is 0 Å². The minimum Gasteiger partial charge on any atom is -0.508 e. The SMILES string of the molecule is CCO[C@H](/C=C/C(=O)NO)[C@H](O)c1cc(Br)ccc1O. The van der Waals surface area contributed by atoms with E-state index in [1.165, 1.54) is 17.6 Å². The van der Waals surface area contributed by atoms with Crippen molar-refractivity contribution in [2.45, 2.75) is 19.1 Å². The molecule has 7 heteroatoms. The van der Waals surface area contributed by atoms with Gasteiger partial charge in [0.2, 0.25) is 0 Å². The van der Waals surface area contributed by atoms with Gasteiger partial charge in [0.25, 0.3) is 5.91 Å². The summed E-state index contributed by atoms with van der Waals surface area (Å²) >= 11 is 3.25. The highest BCUT2D eigenvalue weighted by Crippen LogP contribution is 2.30. The molecule has 0 saturated heterocycles. The minimum atomic E-state index is -1.16. The van der Waals surface area contributed by atoms with E-state index in [-0.39, 0.29) is 11.3 Å². The van der Waals surface area contributed by atoms with Crippen LogP contribution in [0.4, 0.5) is 0 Å². The van der Waals surface area contributed by atoms with Crippen LogP contribution in [0.3, 0.4) is 0 Å². The fraction of sp³-hybridized carbons (Fsp3) is 0.308. The number of amides is 1. The van der Waals surface area contributed by atoms with E-state index in [2.05, 4.69) is 15.9 Å². The molecule has 0 saturated carbocycles. The molecule has 20 heavy (non-hydrogen) atoms. The first kappa shape index (κ1) is 16.6. The van der Waals surface area contributed by atoms with Crippen LogP contribution in [0.15, 0.2) is 34.8 Å². The van der Waals surface area contributed by atoms with Gasteiger partial charge in [-0.3, -0.25) is 10.0 Å². The third-order valence-electron chi connectivity index (χ3n) is 2.53. The number of hydroxylamine groups is 1. The molecule has 1 rings (SSSR count). The second kappa shape index (κ2) is 8.01. The summed E-state index contributed by atoms with van der Waals surface area (Å²) in [5, 5.41) is 28.4. The van der Waals surface area contributed by atoms with E-state index >= 15 is 0 Å². The zero-order chi connectivity index (χ0) is 15.1. The smallest absolute Gasteiger partial charge is 0.267 e. The van der Waals surface area contributed by atoms with Gasteiger partial charge in [-0.15, -0.1) is 0 Å². The summed E-state index contributed by atoms with van der Waals surface area (Å²) in [6.45, 7) is 2.04. The van der Waals surface area contributed by atoms with Gasteiger partial charge in [0.15, 0.2) is 0 Å². The summed E-state index contributed by atoms with van der Waals surface area (Å²) in [7, 11) is 0.